The molecule has 0 bridgehead atoms. The molecule has 1 aromatic rings. The summed E-state index contributed by atoms with van der Waals surface area (Å²) in [6.45, 7) is 4.17. The van der Waals surface area contributed by atoms with Gasteiger partial charge in [0.25, 0.3) is 0 Å². The molecule has 6 nitrogen and oxygen atoms in total. The molecule has 110 valence electrons. The van der Waals surface area contributed by atoms with E-state index in [1.165, 1.54) is 0 Å². The largest absolute Gasteiger partial charge is 0.359 e. The third kappa shape index (κ3) is 3.68. The van der Waals surface area contributed by atoms with Crippen LogP contribution in [0.15, 0.2) is 24.4 Å². The van der Waals surface area contributed by atoms with E-state index in [0.717, 1.165) is 32.0 Å². The van der Waals surface area contributed by atoms with Crippen molar-refractivity contribution in [3.63, 3.8) is 0 Å². The monoisotopic (exact) mass is 277 g/mol. The fourth-order valence-electron chi connectivity index (χ4n) is 2.53. The number of carbonyl (C=O) groups is 1. The number of nitrogens with zero attached hydrogens (tertiary/aromatic N) is 3. The van der Waals surface area contributed by atoms with Crippen molar-refractivity contribution in [3.05, 3.63) is 24.4 Å². The lowest BCUT2D eigenvalue weighted by Gasteiger charge is -2.39. The third-order valence-electron chi connectivity index (χ3n) is 3.78. The zero-order chi connectivity index (χ0) is 14.4. The number of piperazine rings is 1. The molecule has 1 unspecified atom stereocenters. The number of aromatic nitrogens is 1. The summed E-state index contributed by atoms with van der Waals surface area (Å²) < 4.78 is 0. The van der Waals surface area contributed by atoms with Crippen molar-refractivity contribution in [1.29, 1.82) is 0 Å². The van der Waals surface area contributed by atoms with Gasteiger partial charge in [0.1, 0.15) is 5.82 Å². The maximum Gasteiger partial charge on any atom is 0.221 e. The van der Waals surface area contributed by atoms with Crippen molar-refractivity contribution in [2.75, 3.05) is 44.7 Å². The van der Waals surface area contributed by atoms with Gasteiger partial charge in [-0.05, 0) is 12.1 Å². The first-order valence-corrected chi connectivity index (χ1v) is 7.05. The smallest absolute Gasteiger partial charge is 0.221 e. The van der Waals surface area contributed by atoms with E-state index in [4.69, 9.17) is 5.73 Å². The van der Waals surface area contributed by atoms with Crippen molar-refractivity contribution in [2.45, 2.75) is 12.5 Å². The Balaban J connectivity index is 1.88. The van der Waals surface area contributed by atoms with Crippen LogP contribution in [0.1, 0.15) is 6.42 Å². The minimum Gasteiger partial charge on any atom is -0.359 e. The average Bonchev–Trinajstić information content (AvgIpc) is 2.53. The first kappa shape index (κ1) is 14.7. The molecule has 0 aromatic carbocycles. The summed E-state index contributed by atoms with van der Waals surface area (Å²) in [6, 6.07) is 6.08. The maximum atomic E-state index is 11.5. The third-order valence-corrected chi connectivity index (χ3v) is 3.78. The van der Waals surface area contributed by atoms with Crippen LogP contribution in [0.4, 0.5) is 5.82 Å². The van der Waals surface area contributed by atoms with E-state index in [2.05, 4.69) is 20.1 Å². The van der Waals surface area contributed by atoms with E-state index in [0.29, 0.717) is 13.0 Å². The quantitative estimate of drug-likeness (QED) is 0.771. The Labute approximate surface area is 120 Å². The predicted molar refractivity (Wildman–Crippen MR) is 79.5 cm³/mol. The molecule has 1 atom stereocenters. The highest BCUT2D eigenvalue weighted by Crippen LogP contribution is 2.14. The van der Waals surface area contributed by atoms with Crippen LogP contribution in [0, 0.1) is 0 Å². The summed E-state index contributed by atoms with van der Waals surface area (Å²) in [7, 11) is 1.66. The van der Waals surface area contributed by atoms with E-state index < -0.39 is 0 Å². The molecule has 0 aliphatic carbocycles. The summed E-state index contributed by atoms with van der Waals surface area (Å²) >= 11 is 0. The number of amides is 1. The SMILES string of the molecule is CNC(=O)CC(CN)N1CCN(c2ccccn2)CC1. The Morgan fingerprint density at radius 2 is 2.15 bits per heavy atom. The zero-order valence-corrected chi connectivity index (χ0v) is 12.0. The molecule has 0 saturated carbocycles. The van der Waals surface area contributed by atoms with Crippen LogP contribution in [-0.4, -0.2) is 61.6 Å². The summed E-state index contributed by atoms with van der Waals surface area (Å²) in [5.74, 6) is 1.07. The minimum absolute atomic E-state index is 0.0487. The van der Waals surface area contributed by atoms with Crippen molar-refractivity contribution >= 4 is 11.7 Å². The minimum atomic E-state index is 0.0487. The highest BCUT2D eigenvalue weighted by atomic mass is 16.1. The molecule has 2 rings (SSSR count). The molecule has 3 N–H and O–H groups in total. The van der Waals surface area contributed by atoms with Gasteiger partial charge in [-0.25, -0.2) is 4.98 Å². The van der Waals surface area contributed by atoms with E-state index in [1.54, 1.807) is 7.05 Å². The first-order valence-electron chi connectivity index (χ1n) is 7.05. The number of nitrogens with one attached hydrogen (secondary N) is 1. The van der Waals surface area contributed by atoms with E-state index in [-0.39, 0.29) is 11.9 Å². The van der Waals surface area contributed by atoms with Gasteiger partial charge in [0.2, 0.25) is 5.91 Å². The number of nitrogens with two attached hydrogens (primary N) is 1. The summed E-state index contributed by atoms with van der Waals surface area (Å²) in [4.78, 5) is 20.4. The van der Waals surface area contributed by atoms with Gasteiger partial charge in [0.05, 0.1) is 0 Å². The van der Waals surface area contributed by atoms with Crippen LogP contribution >= 0.6 is 0 Å². The molecular formula is C14H23N5O. The highest BCUT2D eigenvalue weighted by Gasteiger charge is 2.24. The Hall–Kier alpha value is -1.66. The van der Waals surface area contributed by atoms with Crippen LogP contribution in [0.5, 0.6) is 0 Å². The van der Waals surface area contributed by atoms with E-state index in [1.807, 2.05) is 24.4 Å². The molecule has 0 radical (unpaired) electrons. The van der Waals surface area contributed by atoms with Crippen LogP contribution < -0.4 is 16.0 Å². The molecule has 1 aliphatic rings. The van der Waals surface area contributed by atoms with Crippen molar-refractivity contribution in [2.24, 2.45) is 5.73 Å². The summed E-state index contributed by atoms with van der Waals surface area (Å²) in [5, 5.41) is 2.66. The van der Waals surface area contributed by atoms with Crippen LogP contribution in [0.25, 0.3) is 0 Å². The fourth-order valence-corrected chi connectivity index (χ4v) is 2.53. The van der Waals surface area contributed by atoms with Gasteiger partial charge in [-0.2, -0.15) is 0 Å². The zero-order valence-electron chi connectivity index (χ0n) is 12.0. The summed E-state index contributed by atoms with van der Waals surface area (Å²) in [5.41, 5.74) is 5.80. The maximum absolute atomic E-state index is 11.5. The number of rotatable bonds is 5. The lowest BCUT2D eigenvalue weighted by molar-refractivity contribution is -0.121. The van der Waals surface area contributed by atoms with Gasteiger partial charge in [-0.1, -0.05) is 6.07 Å². The van der Waals surface area contributed by atoms with Crippen molar-refractivity contribution in [3.8, 4) is 0 Å². The highest BCUT2D eigenvalue weighted by molar-refractivity contribution is 5.76. The standard InChI is InChI=1S/C14H23N5O/c1-16-14(20)10-12(11-15)18-6-8-19(9-7-18)13-4-2-3-5-17-13/h2-5,12H,6-11,15H2,1H3,(H,16,20). The second-order valence-electron chi connectivity index (χ2n) is 4.98. The van der Waals surface area contributed by atoms with Gasteiger partial charge < -0.3 is 16.0 Å². The molecule has 1 amide bonds. The number of hydrogen-bond acceptors (Lipinski definition) is 5. The topological polar surface area (TPSA) is 74.5 Å². The second-order valence-corrected chi connectivity index (χ2v) is 4.98. The summed E-state index contributed by atoms with van der Waals surface area (Å²) in [6.07, 6.45) is 2.28. The lowest BCUT2D eigenvalue weighted by atomic mass is 10.1. The van der Waals surface area contributed by atoms with Crippen LogP contribution in [-0.2, 0) is 4.79 Å². The molecule has 1 aromatic heterocycles. The van der Waals surface area contributed by atoms with Gasteiger partial charge in [-0.15, -0.1) is 0 Å². The predicted octanol–water partition coefficient (Wildman–Crippen LogP) is -0.333. The second kappa shape index (κ2) is 7.21. The molecular weight excluding hydrogens is 254 g/mol. The van der Waals surface area contributed by atoms with Gasteiger partial charge in [-0.3, -0.25) is 9.69 Å². The Bertz CT molecular complexity index is 417. The van der Waals surface area contributed by atoms with Crippen LogP contribution in [0.2, 0.25) is 0 Å². The molecule has 0 spiro atoms. The lowest BCUT2D eigenvalue weighted by Crippen LogP contribution is -2.53. The number of pyridine rings is 1. The average molecular weight is 277 g/mol. The van der Waals surface area contributed by atoms with Gasteiger partial charge in [0.15, 0.2) is 0 Å². The Kier molecular flexibility index (Phi) is 5.31. The number of hydrogen-bond donors (Lipinski definition) is 2. The van der Waals surface area contributed by atoms with Gasteiger partial charge >= 0.3 is 0 Å². The molecule has 6 heteroatoms. The number of carbonyl (C=O) groups excluding carboxylic acids is 1. The Morgan fingerprint density at radius 3 is 2.70 bits per heavy atom. The molecule has 1 fully saturated rings. The first-order chi connectivity index (χ1) is 9.74. The molecule has 2 heterocycles. The van der Waals surface area contributed by atoms with Crippen molar-refractivity contribution < 1.29 is 4.79 Å². The van der Waals surface area contributed by atoms with Crippen LogP contribution in [0.3, 0.4) is 0 Å². The van der Waals surface area contributed by atoms with E-state index in [9.17, 15) is 4.79 Å². The van der Waals surface area contributed by atoms with Gasteiger partial charge in [0, 0.05) is 58.4 Å². The molecule has 1 aliphatic heterocycles. The normalized spacial score (nSPS) is 17.8. The fraction of sp³-hybridized carbons (Fsp3) is 0.571. The van der Waals surface area contributed by atoms with E-state index >= 15 is 0 Å². The molecule has 20 heavy (non-hydrogen) atoms. The number of anilines is 1. The molecule has 1 saturated heterocycles. The van der Waals surface area contributed by atoms with Crippen molar-refractivity contribution in [1.82, 2.24) is 15.2 Å². The Morgan fingerprint density at radius 1 is 1.40 bits per heavy atom.